The number of pyridine rings is 1. The second-order valence-corrected chi connectivity index (χ2v) is 29.2. The first kappa shape index (κ1) is 63.8. The minimum atomic E-state index is -0.161. The highest BCUT2D eigenvalue weighted by Gasteiger charge is 2.45. The van der Waals surface area contributed by atoms with Crippen molar-refractivity contribution in [1.82, 2.24) is 14.1 Å². The van der Waals surface area contributed by atoms with Gasteiger partial charge in [-0.2, -0.15) is 0 Å². The van der Waals surface area contributed by atoms with Gasteiger partial charge in [-0.1, -0.05) is 263 Å². The molecule has 0 saturated carbocycles. The molecule has 0 saturated heterocycles. The number of fused-ring (bicyclic) bond motifs is 9. The summed E-state index contributed by atoms with van der Waals surface area (Å²) >= 11 is 0. The monoisotopic (exact) mass is 1380 g/mol. The third-order valence-electron chi connectivity index (χ3n) is 21.7. The molecule has 5 heterocycles. The zero-order chi connectivity index (χ0) is 72.0. The Hall–Kier alpha value is -13.8. The van der Waals surface area contributed by atoms with Crippen LogP contribution in [0, 0.1) is 6.33 Å². The standard InChI is InChI=1S/C100H71BN6O/c1-100(2,3)77-54-55-102-95(62-77)107-92-64-82(52-53-85(92)96-93(107)65-94-97-99(96)106(79-40-20-9-21-41-79)89-49-25-23-47-87(89)101(97)86-46-22-24-48-88(86)105(94)78-38-18-8-19-39-78)108-81-43-28-42-80(63-81)103-66-104(91-51-27-26-50-90(91)103)98-83(75-58-71(67-30-10-4-11-31-67)56-72(59-75)68-32-12-5-13-33-68)44-29-45-84(98)76-60-73(69-34-14-6-15-35-69)57-74(61-76)70-36-16-7-17-37-70/h4-65H,1-3H3. The Morgan fingerprint density at radius 2 is 0.833 bits per heavy atom. The summed E-state index contributed by atoms with van der Waals surface area (Å²) in [6.45, 7) is 6.75. The average molecular weight is 1380 g/mol. The molecule has 0 aliphatic carbocycles. The number of hydrogen-bond acceptors (Lipinski definition) is 4. The van der Waals surface area contributed by atoms with Gasteiger partial charge in [-0.3, -0.25) is 13.7 Å². The minimum Gasteiger partial charge on any atom is -0.458 e. The lowest BCUT2D eigenvalue weighted by molar-refractivity contribution is -0.571. The molecule has 7 nitrogen and oxygen atoms in total. The van der Waals surface area contributed by atoms with Crippen molar-refractivity contribution in [2.24, 2.45) is 0 Å². The molecule has 2 aliphatic heterocycles. The summed E-state index contributed by atoms with van der Waals surface area (Å²) in [6, 6.07) is 134. The van der Waals surface area contributed by atoms with Crippen LogP contribution in [0.1, 0.15) is 26.3 Å². The summed E-state index contributed by atoms with van der Waals surface area (Å²) in [7, 11) is 0. The van der Waals surface area contributed by atoms with E-state index in [9.17, 15) is 0 Å². The fourth-order valence-electron chi connectivity index (χ4n) is 16.7. The number of benzene rings is 15. The van der Waals surface area contributed by atoms with Crippen LogP contribution in [0.15, 0.2) is 376 Å². The zero-order valence-corrected chi connectivity index (χ0v) is 60.0. The van der Waals surface area contributed by atoms with E-state index in [1.54, 1.807) is 0 Å². The molecule has 15 aromatic carbocycles. The molecule has 8 heteroatoms. The zero-order valence-electron chi connectivity index (χ0n) is 60.0. The first-order valence-electron chi connectivity index (χ1n) is 37.1. The number of aromatic nitrogens is 4. The van der Waals surface area contributed by atoms with Gasteiger partial charge in [0.15, 0.2) is 0 Å². The third-order valence-corrected chi connectivity index (χ3v) is 21.7. The summed E-state index contributed by atoms with van der Waals surface area (Å²) in [4.78, 5) is 10.3. The smallest absolute Gasteiger partial charge is 0.269 e. The molecule has 18 aromatic rings. The van der Waals surface area contributed by atoms with E-state index in [2.05, 4.69) is 421 Å². The van der Waals surface area contributed by atoms with Crippen LogP contribution < -0.4 is 35.5 Å². The number of rotatable bonds is 13. The summed E-state index contributed by atoms with van der Waals surface area (Å²) in [5, 5.41) is 2.21. The maximum absolute atomic E-state index is 7.31. The Labute approximate surface area is 629 Å². The van der Waals surface area contributed by atoms with Crippen molar-refractivity contribution in [2.45, 2.75) is 26.2 Å². The molecule has 3 aromatic heterocycles. The van der Waals surface area contributed by atoms with Gasteiger partial charge in [0.2, 0.25) is 0 Å². The fourth-order valence-corrected chi connectivity index (χ4v) is 16.7. The Balaban J connectivity index is 0.782. The number of hydrogen-bond donors (Lipinski definition) is 0. The quantitative estimate of drug-likeness (QED) is 0.0655. The molecular weight excluding hydrogens is 1310 g/mol. The maximum atomic E-state index is 7.31. The van der Waals surface area contributed by atoms with Crippen molar-refractivity contribution >= 4 is 90.1 Å². The first-order chi connectivity index (χ1) is 53.2. The Morgan fingerprint density at radius 3 is 1.40 bits per heavy atom. The lowest BCUT2D eigenvalue weighted by Gasteiger charge is -2.44. The van der Waals surface area contributed by atoms with Gasteiger partial charge in [-0.05, 0) is 215 Å². The largest absolute Gasteiger partial charge is 0.458 e. The van der Waals surface area contributed by atoms with Gasteiger partial charge in [0, 0.05) is 51.5 Å². The molecule has 0 atom stereocenters. The van der Waals surface area contributed by atoms with Crippen LogP contribution in [0.5, 0.6) is 11.5 Å². The predicted octanol–water partition coefficient (Wildman–Crippen LogP) is 23.4. The van der Waals surface area contributed by atoms with Crippen LogP contribution in [0.2, 0.25) is 0 Å². The molecule has 0 bridgehead atoms. The molecule has 510 valence electrons. The van der Waals surface area contributed by atoms with Crippen molar-refractivity contribution in [3.63, 3.8) is 0 Å². The molecule has 108 heavy (non-hydrogen) atoms. The first-order valence-corrected chi connectivity index (χ1v) is 37.1. The van der Waals surface area contributed by atoms with E-state index < -0.39 is 0 Å². The molecule has 0 N–H and O–H groups in total. The topological polar surface area (TPSA) is 42.3 Å². The van der Waals surface area contributed by atoms with Crippen LogP contribution in [-0.2, 0) is 5.41 Å². The minimum absolute atomic E-state index is 0.0708. The molecule has 0 unspecified atom stereocenters. The van der Waals surface area contributed by atoms with Gasteiger partial charge in [0.05, 0.1) is 39.1 Å². The molecule has 0 amide bonds. The number of imidazole rings is 1. The van der Waals surface area contributed by atoms with Crippen molar-refractivity contribution < 1.29 is 9.30 Å². The van der Waals surface area contributed by atoms with Gasteiger partial charge >= 0.3 is 0 Å². The Bertz CT molecular complexity index is 6240. The van der Waals surface area contributed by atoms with Crippen LogP contribution in [0.25, 0.3) is 117 Å². The predicted molar refractivity (Wildman–Crippen MR) is 448 cm³/mol. The molecule has 2 aliphatic rings. The average Bonchev–Trinajstić information content (AvgIpc) is 1.57. The van der Waals surface area contributed by atoms with Crippen molar-refractivity contribution in [1.29, 1.82) is 0 Å². The van der Waals surface area contributed by atoms with Crippen molar-refractivity contribution in [2.75, 3.05) is 9.80 Å². The number of ether oxygens (including phenoxy) is 1. The molecule has 0 fully saturated rings. The Morgan fingerprint density at radius 1 is 0.361 bits per heavy atom. The van der Waals surface area contributed by atoms with Gasteiger partial charge in [-0.25, -0.2) is 4.98 Å². The molecule has 0 radical (unpaired) electrons. The molecular formula is C100H71BN6O. The van der Waals surface area contributed by atoms with Gasteiger partial charge in [-0.15, -0.1) is 0 Å². The maximum Gasteiger partial charge on any atom is 0.269 e. The van der Waals surface area contributed by atoms with Gasteiger partial charge in [0.1, 0.15) is 17.3 Å². The third kappa shape index (κ3) is 11.0. The number of anilines is 6. The molecule has 0 spiro atoms. The van der Waals surface area contributed by atoms with E-state index in [1.165, 1.54) is 22.0 Å². The van der Waals surface area contributed by atoms with Crippen LogP contribution in [0.4, 0.5) is 34.1 Å². The van der Waals surface area contributed by atoms with E-state index in [0.717, 1.165) is 151 Å². The number of nitrogens with zero attached hydrogens (tertiary/aromatic N) is 6. The lowest BCUT2D eigenvalue weighted by Crippen LogP contribution is -2.61. The second-order valence-electron chi connectivity index (χ2n) is 29.2. The second kappa shape index (κ2) is 26.1. The van der Waals surface area contributed by atoms with E-state index in [4.69, 9.17) is 9.72 Å². The highest BCUT2D eigenvalue weighted by Crippen LogP contribution is 2.51. The highest BCUT2D eigenvalue weighted by molar-refractivity contribution is 7.00. The van der Waals surface area contributed by atoms with Crippen LogP contribution >= 0.6 is 0 Å². The Kier molecular flexibility index (Phi) is 15.4. The van der Waals surface area contributed by atoms with E-state index in [1.807, 2.05) is 6.20 Å². The lowest BCUT2D eigenvalue weighted by atomic mass is 9.33. The summed E-state index contributed by atoms with van der Waals surface area (Å²) in [6.07, 6.45) is 6.01. The fraction of sp³-hybridized carbons (Fsp3) is 0.0400. The van der Waals surface area contributed by atoms with Gasteiger partial charge < -0.3 is 14.5 Å². The SMILES string of the molecule is CC(C)(C)c1ccnc(-n2c3cc(Oc4cccc(-n5[c-][n+](-c6c(-c7cc(-c8ccccc8)cc(-c8ccccc8)c7)cccc6-c6cc(-c7ccccc7)cc(-c7ccccc7)c6)c6ccccc65)c4)ccc3c3c4c5c(cc32)N(c2ccccc2)c2ccccc2B5c2ccccc2N4c2ccccc2)c1. The van der Waals surface area contributed by atoms with Crippen LogP contribution in [-0.4, -0.2) is 20.8 Å². The van der Waals surface area contributed by atoms with E-state index in [-0.39, 0.29) is 12.1 Å². The van der Waals surface area contributed by atoms with E-state index >= 15 is 0 Å². The van der Waals surface area contributed by atoms with E-state index in [0.29, 0.717) is 11.5 Å². The summed E-state index contributed by atoms with van der Waals surface area (Å²) in [5.74, 6) is 2.19. The number of para-hydroxylation sites is 7. The summed E-state index contributed by atoms with van der Waals surface area (Å²) < 4.78 is 14.2. The van der Waals surface area contributed by atoms with Crippen molar-refractivity contribution in [3.05, 3.63) is 388 Å². The highest BCUT2D eigenvalue weighted by atomic mass is 16.5. The van der Waals surface area contributed by atoms with Gasteiger partial charge in [0.25, 0.3) is 13.0 Å². The van der Waals surface area contributed by atoms with Crippen molar-refractivity contribution in [3.8, 4) is 95.5 Å². The normalized spacial score (nSPS) is 12.3. The van der Waals surface area contributed by atoms with Crippen LogP contribution in [0.3, 0.4) is 0 Å². The summed E-state index contributed by atoms with van der Waals surface area (Å²) in [5.41, 5.74) is 30.8. The molecule has 20 rings (SSSR count).